The summed E-state index contributed by atoms with van der Waals surface area (Å²) in [5, 5.41) is 15.7. The van der Waals surface area contributed by atoms with Gasteiger partial charge in [-0.25, -0.2) is 8.42 Å². The highest BCUT2D eigenvalue weighted by Gasteiger charge is 2.32. The number of sulfone groups is 1. The fourth-order valence-corrected chi connectivity index (χ4v) is 5.08. The number of aromatic nitrogens is 1. The highest BCUT2D eigenvalue weighted by molar-refractivity contribution is 7.90. The zero-order valence-corrected chi connectivity index (χ0v) is 19.5. The summed E-state index contributed by atoms with van der Waals surface area (Å²) in [6, 6.07) is 8.64. The van der Waals surface area contributed by atoms with E-state index in [9.17, 15) is 18.0 Å². The first-order valence-corrected chi connectivity index (χ1v) is 13.1. The van der Waals surface area contributed by atoms with Gasteiger partial charge in [0.25, 0.3) is 5.91 Å². The Morgan fingerprint density at radius 2 is 2.00 bits per heavy atom. The molecule has 10 heteroatoms. The Hall–Kier alpha value is -2.57. The molecule has 0 saturated heterocycles. The lowest BCUT2D eigenvalue weighted by Crippen LogP contribution is -2.48. The fourth-order valence-electron chi connectivity index (χ4n) is 4.26. The molecule has 2 amide bonds. The average molecular weight is 479 g/mol. The quantitative estimate of drug-likeness (QED) is 0.565. The normalized spacial score (nSPS) is 18.8. The summed E-state index contributed by atoms with van der Waals surface area (Å²) in [5.41, 5.74) is 1.15. The van der Waals surface area contributed by atoms with Crippen LogP contribution in [0.15, 0.2) is 24.3 Å². The van der Waals surface area contributed by atoms with Crippen molar-refractivity contribution in [3.05, 3.63) is 35.0 Å². The highest BCUT2D eigenvalue weighted by Crippen LogP contribution is 2.27. The number of hydrogen-bond donors (Lipinski definition) is 2. The van der Waals surface area contributed by atoms with Crippen LogP contribution in [0.5, 0.6) is 0 Å². The maximum Gasteiger partial charge on any atom is 0.268 e. The summed E-state index contributed by atoms with van der Waals surface area (Å²) in [6.45, 7) is 0.280. The predicted molar refractivity (Wildman–Crippen MR) is 123 cm³/mol. The van der Waals surface area contributed by atoms with Crippen molar-refractivity contribution in [1.82, 2.24) is 15.2 Å². The van der Waals surface area contributed by atoms with Gasteiger partial charge in [-0.15, -0.1) is 0 Å². The standard InChI is InChI=1S/C22H27ClN4O4S/c1-32(30,31)12-4-11-27-19-14-16(23)8-7-15(19)13-20(27)22(29)26-18-6-3-2-5-17(18)21(28)25-10-9-24/h7-8,13-14,17-18H,2-6,10-12H2,1H3,(H,25,28)(H,26,29)/t17-,18+/m1/s1. The van der Waals surface area contributed by atoms with Gasteiger partial charge in [-0.3, -0.25) is 9.59 Å². The number of carbonyl (C=O) groups excluding carboxylic acids is 2. The van der Waals surface area contributed by atoms with Crippen molar-refractivity contribution in [2.45, 2.75) is 44.7 Å². The molecule has 1 aliphatic rings. The zero-order valence-electron chi connectivity index (χ0n) is 17.9. The fraction of sp³-hybridized carbons (Fsp3) is 0.500. The van der Waals surface area contributed by atoms with E-state index in [4.69, 9.17) is 16.9 Å². The minimum absolute atomic E-state index is 0.0120. The molecule has 1 aliphatic carbocycles. The molecule has 0 unspecified atom stereocenters. The monoisotopic (exact) mass is 478 g/mol. The third-order valence-electron chi connectivity index (χ3n) is 5.76. The molecule has 8 nitrogen and oxygen atoms in total. The number of halogens is 1. The lowest BCUT2D eigenvalue weighted by atomic mass is 9.83. The van der Waals surface area contributed by atoms with Crippen molar-refractivity contribution in [3.8, 4) is 6.07 Å². The summed E-state index contributed by atoms with van der Waals surface area (Å²) in [7, 11) is -3.13. The highest BCUT2D eigenvalue weighted by atomic mass is 35.5. The topological polar surface area (TPSA) is 121 Å². The van der Waals surface area contributed by atoms with Crippen LogP contribution in [-0.4, -0.2) is 49.4 Å². The lowest BCUT2D eigenvalue weighted by Gasteiger charge is -2.31. The van der Waals surface area contributed by atoms with Crippen molar-refractivity contribution in [2.75, 3.05) is 18.6 Å². The number of aryl methyl sites for hydroxylation is 1. The van der Waals surface area contributed by atoms with E-state index in [1.807, 2.05) is 12.1 Å². The van der Waals surface area contributed by atoms with Gasteiger partial charge in [0, 0.05) is 29.3 Å². The van der Waals surface area contributed by atoms with Crippen LogP contribution in [0.1, 0.15) is 42.6 Å². The molecule has 1 saturated carbocycles. The van der Waals surface area contributed by atoms with Crippen molar-refractivity contribution < 1.29 is 18.0 Å². The number of benzene rings is 1. The predicted octanol–water partition coefficient (Wildman–Crippen LogP) is 2.66. The van der Waals surface area contributed by atoms with E-state index < -0.39 is 15.8 Å². The van der Waals surface area contributed by atoms with Gasteiger partial charge >= 0.3 is 0 Å². The minimum Gasteiger partial charge on any atom is -0.347 e. The van der Waals surface area contributed by atoms with E-state index in [0.717, 1.165) is 23.7 Å². The first-order chi connectivity index (χ1) is 15.2. The van der Waals surface area contributed by atoms with Crippen LogP contribution in [0.25, 0.3) is 10.9 Å². The molecule has 1 aromatic heterocycles. The van der Waals surface area contributed by atoms with Crippen molar-refractivity contribution in [1.29, 1.82) is 5.26 Å². The third-order valence-corrected chi connectivity index (χ3v) is 7.02. The van der Waals surface area contributed by atoms with Crippen LogP contribution in [0, 0.1) is 17.2 Å². The number of nitrogens with zero attached hydrogens (tertiary/aromatic N) is 2. The molecular weight excluding hydrogens is 452 g/mol. The molecule has 1 heterocycles. The number of nitriles is 1. The third kappa shape index (κ3) is 6.02. The number of hydrogen-bond acceptors (Lipinski definition) is 5. The molecule has 0 aliphatic heterocycles. The second kappa shape index (κ2) is 10.4. The maximum absolute atomic E-state index is 13.3. The molecule has 2 aromatic rings. The van der Waals surface area contributed by atoms with E-state index in [0.29, 0.717) is 36.5 Å². The summed E-state index contributed by atoms with van der Waals surface area (Å²) in [6.07, 6.45) is 4.66. The number of fused-ring (bicyclic) bond motifs is 1. The first-order valence-electron chi connectivity index (χ1n) is 10.6. The molecule has 0 bridgehead atoms. The molecule has 0 spiro atoms. The molecule has 1 aromatic carbocycles. The van der Waals surface area contributed by atoms with Crippen molar-refractivity contribution in [2.24, 2.45) is 5.92 Å². The summed E-state index contributed by atoms with van der Waals surface area (Å²) >= 11 is 6.16. The van der Waals surface area contributed by atoms with E-state index in [1.54, 1.807) is 22.8 Å². The number of nitrogens with one attached hydrogen (secondary N) is 2. The molecule has 32 heavy (non-hydrogen) atoms. The minimum atomic E-state index is -3.13. The van der Waals surface area contributed by atoms with Gasteiger partial charge in [-0.2, -0.15) is 5.26 Å². The van der Waals surface area contributed by atoms with Crippen LogP contribution in [0.4, 0.5) is 0 Å². The van der Waals surface area contributed by atoms with Gasteiger partial charge in [-0.1, -0.05) is 30.5 Å². The smallest absolute Gasteiger partial charge is 0.268 e. The van der Waals surface area contributed by atoms with Gasteiger partial charge < -0.3 is 15.2 Å². The summed E-state index contributed by atoms with van der Waals surface area (Å²) in [5.74, 6) is -0.921. The van der Waals surface area contributed by atoms with E-state index in [2.05, 4.69) is 10.6 Å². The Labute approximate surface area is 192 Å². The average Bonchev–Trinajstić information content (AvgIpc) is 3.09. The van der Waals surface area contributed by atoms with E-state index in [-0.39, 0.29) is 30.2 Å². The molecule has 0 radical (unpaired) electrons. The molecule has 1 fully saturated rings. The Morgan fingerprint density at radius 1 is 1.25 bits per heavy atom. The molecular formula is C22H27ClN4O4S. The van der Waals surface area contributed by atoms with Crippen LogP contribution in [-0.2, 0) is 21.2 Å². The Kier molecular flexibility index (Phi) is 7.80. The molecule has 2 N–H and O–H groups in total. The molecule has 2 atom stereocenters. The Bertz CT molecular complexity index is 1150. The largest absolute Gasteiger partial charge is 0.347 e. The molecule has 172 valence electrons. The second-order valence-corrected chi connectivity index (χ2v) is 10.9. The van der Waals surface area contributed by atoms with Crippen LogP contribution >= 0.6 is 11.6 Å². The van der Waals surface area contributed by atoms with Gasteiger partial charge in [0.15, 0.2) is 0 Å². The lowest BCUT2D eigenvalue weighted by molar-refractivity contribution is -0.126. The van der Waals surface area contributed by atoms with Gasteiger partial charge in [0.05, 0.1) is 23.3 Å². The number of amides is 2. The van der Waals surface area contributed by atoms with E-state index in [1.165, 1.54) is 6.26 Å². The van der Waals surface area contributed by atoms with Gasteiger partial charge in [0.1, 0.15) is 22.1 Å². The van der Waals surface area contributed by atoms with Crippen LogP contribution in [0.3, 0.4) is 0 Å². The number of rotatable bonds is 8. The summed E-state index contributed by atoms with van der Waals surface area (Å²) in [4.78, 5) is 25.7. The van der Waals surface area contributed by atoms with E-state index >= 15 is 0 Å². The maximum atomic E-state index is 13.3. The van der Waals surface area contributed by atoms with Crippen LogP contribution in [0.2, 0.25) is 5.02 Å². The van der Waals surface area contributed by atoms with Crippen molar-refractivity contribution in [3.63, 3.8) is 0 Å². The molecule has 3 rings (SSSR count). The number of carbonyl (C=O) groups is 2. The SMILES string of the molecule is CS(=O)(=O)CCCn1c(C(=O)N[C@H]2CCCC[C@H]2C(=O)NCC#N)cc2ccc(Cl)cc21. The zero-order chi connectivity index (χ0) is 23.3. The van der Waals surface area contributed by atoms with Crippen LogP contribution < -0.4 is 10.6 Å². The van der Waals surface area contributed by atoms with Gasteiger partial charge in [-0.05, 0) is 37.5 Å². The Balaban J connectivity index is 1.85. The van der Waals surface area contributed by atoms with Gasteiger partial charge in [0.2, 0.25) is 5.91 Å². The summed E-state index contributed by atoms with van der Waals surface area (Å²) < 4.78 is 24.9. The van der Waals surface area contributed by atoms with Crippen molar-refractivity contribution >= 4 is 44.2 Å². The second-order valence-electron chi connectivity index (χ2n) is 8.21. The first kappa shape index (κ1) is 24.1. The Morgan fingerprint density at radius 3 is 2.72 bits per heavy atom.